The lowest BCUT2D eigenvalue weighted by Gasteiger charge is -2.08. The number of aromatic nitrogens is 2. The van der Waals surface area contributed by atoms with E-state index < -0.39 is 10.0 Å². The monoisotopic (exact) mass is 377 g/mol. The highest BCUT2D eigenvalue weighted by atomic mass is 79.9. The zero-order valence-corrected chi connectivity index (χ0v) is 13.6. The highest BCUT2D eigenvalue weighted by Crippen LogP contribution is 2.25. The summed E-state index contributed by atoms with van der Waals surface area (Å²) >= 11 is 9.05. The Bertz CT molecular complexity index is 674. The van der Waals surface area contributed by atoms with E-state index in [4.69, 9.17) is 11.6 Å². The molecular weight excluding hydrogens is 366 g/mol. The number of nitrogens with one attached hydrogen (secondary N) is 1. The first-order valence-corrected chi connectivity index (χ1v) is 8.56. The molecule has 8 heteroatoms. The van der Waals surface area contributed by atoms with E-state index in [-0.39, 0.29) is 4.90 Å². The molecule has 0 unspecified atom stereocenters. The summed E-state index contributed by atoms with van der Waals surface area (Å²) in [6.07, 6.45) is 4.19. The summed E-state index contributed by atoms with van der Waals surface area (Å²) in [5.74, 6) is 0. The fourth-order valence-electron chi connectivity index (χ4n) is 1.61. The van der Waals surface area contributed by atoms with Crippen LogP contribution in [0.4, 0.5) is 0 Å². The molecule has 1 aromatic heterocycles. The van der Waals surface area contributed by atoms with Crippen LogP contribution in [0.3, 0.4) is 0 Å². The number of sulfonamides is 1. The lowest BCUT2D eigenvalue weighted by Crippen LogP contribution is -2.25. The zero-order valence-electron chi connectivity index (χ0n) is 10.5. The molecule has 20 heavy (non-hydrogen) atoms. The average molecular weight is 379 g/mol. The topological polar surface area (TPSA) is 64.0 Å². The van der Waals surface area contributed by atoms with Gasteiger partial charge in [0.25, 0.3) is 0 Å². The van der Waals surface area contributed by atoms with Gasteiger partial charge in [0.15, 0.2) is 0 Å². The summed E-state index contributed by atoms with van der Waals surface area (Å²) in [5.41, 5.74) is 0. The van der Waals surface area contributed by atoms with Gasteiger partial charge in [-0.2, -0.15) is 5.10 Å². The number of hydrogen-bond acceptors (Lipinski definition) is 3. The second kappa shape index (κ2) is 6.71. The standard InChI is InChI=1S/C12H13BrClN3O2S/c13-11-9-10(3-4-12(11)14)20(18,19)16-6-2-8-17-7-1-5-15-17/h1,3-5,7,9,16H,2,6,8H2. The van der Waals surface area contributed by atoms with Gasteiger partial charge in [0, 0.05) is 30.0 Å². The smallest absolute Gasteiger partial charge is 0.240 e. The molecule has 2 aromatic rings. The average Bonchev–Trinajstić information content (AvgIpc) is 2.91. The Morgan fingerprint density at radius 1 is 1.40 bits per heavy atom. The summed E-state index contributed by atoms with van der Waals surface area (Å²) in [5, 5.41) is 4.52. The van der Waals surface area contributed by atoms with E-state index in [0.29, 0.717) is 29.0 Å². The Morgan fingerprint density at radius 3 is 2.85 bits per heavy atom. The van der Waals surface area contributed by atoms with Crippen molar-refractivity contribution in [2.45, 2.75) is 17.9 Å². The third-order valence-corrected chi connectivity index (χ3v) is 5.29. The number of rotatable bonds is 6. The predicted molar refractivity (Wildman–Crippen MR) is 81.2 cm³/mol. The molecule has 1 aromatic carbocycles. The fraction of sp³-hybridized carbons (Fsp3) is 0.250. The molecule has 2 rings (SSSR count). The van der Waals surface area contributed by atoms with Crippen molar-refractivity contribution in [3.05, 3.63) is 46.2 Å². The Labute approximate surface area is 131 Å². The molecule has 1 N–H and O–H groups in total. The van der Waals surface area contributed by atoms with E-state index in [0.717, 1.165) is 0 Å². The second-order valence-electron chi connectivity index (χ2n) is 4.10. The molecule has 0 atom stereocenters. The molecule has 0 radical (unpaired) electrons. The van der Waals surface area contributed by atoms with Crippen molar-refractivity contribution in [1.82, 2.24) is 14.5 Å². The largest absolute Gasteiger partial charge is 0.273 e. The van der Waals surface area contributed by atoms with Crippen LogP contribution in [0.5, 0.6) is 0 Å². The highest BCUT2D eigenvalue weighted by Gasteiger charge is 2.14. The van der Waals surface area contributed by atoms with Gasteiger partial charge in [0.05, 0.1) is 9.92 Å². The summed E-state index contributed by atoms with van der Waals surface area (Å²) < 4.78 is 29.0. The second-order valence-corrected chi connectivity index (χ2v) is 7.12. The van der Waals surface area contributed by atoms with Gasteiger partial charge in [-0.1, -0.05) is 11.6 Å². The Kier molecular flexibility index (Phi) is 5.20. The van der Waals surface area contributed by atoms with Crippen LogP contribution in [-0.4, -0.2) is 24.7 Å². The van der Waals surface area contributed by atoms with Crippen LogP contribution in [-0.2, 0) is 16.6 Å². The van der Waals surface area contributed by atoms with Gasteiger partial charge in [0.2, 0.25) is 10.0 Å². The van der Waals surface area contributed by atoms with Crippen molar-refractivity contribution < 1.29 is 8.42 Å². The lowest BCUT2D eigenvalue weighted by molar-refractivity contribution is 0.553. The maximum absolute atomic E-state index is 12.1. The molecule has 108 valence electrons. The number of benzene rings is 1. The van der Waals surface area contributed by atoms with Crippen molar-refractivity contribution in [1.29, 1.82) is 0 Å². The minimum atomic E-state index is -3.51. The molecule has 0 aliphatic rings. The first-order chi connectivity index (χ1) is 9.49. The van der Waals surface area contributed by atoms with Gasteiger partial charge in [0.1, 0.15) is 0 Å². The van der Waals surface area contributed by atoms with Crippen molar-refractivity contribution in [2.24, 2.45) is 0 Å². The third-order valence-electron chi connectivity index (χ3n) is 2.62. The maximum atomic E-state index is 12.1. The first-order valence-electron chi connectivity index (χ1n) is 5.91. The molecule has 0 aliphatic carbocycles. The first kappa shape index (κ1) is 15.5. The predicted octanol–water partition coefficient (Wildman–Crippen LogP) is 2.67. The Hall–Kier alpha value is -0.890. The SMILES string of the molecule is O=S(=O)(NCCCn1cccn1)c1ccc(Cl)c(Br)c1. The number of hydrogen-bond donors (Lipinski definition) is 1. The van der Waals surface area contributed by atoms with Crippen molar-refractivity contribution >= 4 is 37.6 Å². The van der Waals surface area contributed by atoms with Crippen LogP contribution in [0, 0.1) is 0 Å². The van der Waals surface area contributed by atoms with Gasteiger partial charge in [-0.3, -0.25) is 4.68 Å². The molecular formula is C12H13BrClN3O2S. The molecule has 0 fully saturated rings. The quantitative estimate of drug-likeness (QED) is 0.786. The summed E-state index contributed by atoms with van der Waals surface area (Å²) in [6.45, 7) is 1.02. The van der Waals surface area contributed by atoms with Gasteiger partial charge in [-0.05, 0) is 46.6 Å². The maximum Gasteiger partial charge on any atom is 0.240 e. The fourth-order valence-corrected chi connectivity index (χ4v) is 3.36. The van der Waals surface area contributed by atoms with Crippen LogP contribution in [0.1, 0.15) is 6.42 Å². The minimum Gasteiger partial charge on any atom is -0.273 e. The van der Waals surface area contributed by atoms with E-state index in [1.807, 2.05) is 12.3 Å². The molecule has 0 saturated heterocycles. The van der Waals surface area contributed by atoms with E-state index >= 15 is 0 Å². The summed E-state index contributed by atoms with van der Waals surface area (Å²) in [6, 6.07) is 6.33. The number of aryl methyl sites for hydroxylation is 1. The Balaban J connectivity index is 1.92. The minimum absolute atomic E-state index is 0.188. The third kappa shape index (κ3) is 4.05. The molecule has 0 bridgehead atoms. The molecule has 0 aliphatic heterocycles. The normalized spacial score (nSPS) is 11.7. The van der Waals surface area contributed by atoms with Crippen LogP contribution in [0.15, 0.2) is 46.0 Å². The van der Waals surface area contributed by atoms with E-state index in [1.54, 1.807) is 16.9 Å². The van der Waals surface area contributed by atoms with E-state index in [9.17, 15) is 8.42 Å². The van der Waals surface area contributed by atoms with Crippen molar-refractivity contribution in [3.63, 3.8) is 0 Å². The van der Waals surface area contributed by atoms with Crippen LogP contribution < -0.4 is 4.72 Å². The van der Waals surface area contributed by atoms with Crippen molar-refractivity contribution in [3.8, 4) is 0 Å². The van der Waals surface area contributed by atoms with Crippen LogP contribution in [0.25, 0.3) is 0 Å². The van der Waals surface area contributed by atoms with Gasteiger partial charge < -0.3 is 0 Å². The summed E-state index contributed by atoms with van der Waals surface area (Å²) in [7, 11) is -3.51. The molecule has 1 heterocycles. The Morgan fingerprint density at radius 2 is 2.20 bits per heavy atom. The van der Waals surface area contributed by atoms with Crippen molar-refractivity contribution in [2.75, 3.05) is 6.54 Å². The number of halogens is 2. The van der Waals surface area contributed by atoms with Gasteiger partial charge >= 0.3 is 0 Å². The number of nitrogens with zero attached hydrogens (tertiary/aromatic N) is 2. The van der Waals surface area contributed by atoms with Crippen LogP contribution >= 0.6 is 27.5 Å². The van der Waals surface area contributed by atoms with E-state index in [2.05, 4.69) is 25.8 Å². The van der Waals surface area contributed by atoms with E-state index in [1.165, 1.54) is 12.1 Å². The lowest BCUT2D eigenvalue weighted by atomic mass is 10.4. The summed E-state index contributed by atoms with van der Waals surface area (Å²) in [4.78, 5) is 0.188. The highest BCUT2D eigenvalue weighted by molar-refractivity contribution is 9.10. The zero-order chi connectivity index (χ0) is 14.6. The molecule has 5 nitrogen and oxygen atoms in total. The van der Waals surface area contributed by atoms with Gasteiger partial charge in [-0.25, -0.2) is 13.1 Å². The van der Waals surface area contributed by atoms with Crippen LogP contribution in [0.2, 0.25) is 5.02 Å². The molecule has 0 spiro atoms. The van der Waals surface area contributed by atoms with Gasteiger partial charge in [-0.15, -0.1) is 0 Å². The molecule has 0 amide bonds. The molecule has 0 saturated carbocycles.